The minimum absolute atomic E-state index is 0.129. The van der Waals surface area contributed by atoms with Gasteiger partial charge in [-0.2, -0.15) is 0 Å². The van der Waals surface area contributed by atoms with Crippen LogP contribution in [0.25, 0.3) is 0 Å². The molecule has 5 N–H and O–H groups in total. The number of methoxy groups -OCH3 is 2. The first-order chi connectivity index (χ1) is 26.6. The van der Waals surface area contributed by atoms with Crippen LogP contribution in [0, 0.1) is 12.3 Å². The number of ether oxygens (including phenoxy) is 2. The topological polar surface area (TPSA) is 195 Å². The number of amides is 6. The molecule has 3 aromatic rings. The smallest absolute Gasteiger partial charge is 0.407 e. The minimum Gasteiger partial charge on any atom is -0.497 e. The molecule has 1 saturated heterocycles. The summed E-state index contributed by atoms with van der Waals surface area (Å²) in [7, 11) is 4.22. The average molecular weight is 795 g/mol. The predicted molar refractivity (Wildman–Crippen MR) is 210 cm³/mol. The van der Waals surface area contributed by atoms with Crippen molar-refractivity contribution in [1.82, 2.24) is 41.2 Å². The number of aliphatic hydroxyl groups excluding tert-OH is 1. The first-order valence-electron chi connectivity index (χ1n) is 18.3. The van der Waals surface area contributed by atoms with Crippen LogP contribution in [-0.4, -0.2) is 120 Å². The minimum atomic E-state index is -1.29. The lowest BCUT2D eigenvalue weighted by Gasteiger charge is -2.35. The molecule has 0 radical (unpaired) electrons. The Kier molecular flexibility index (Phi) is 15.6. The Morgan fingerprint density at radius 2 is 1.68 bits per heavy atom. The number of carbonyl (C=O) groups excluding carboxylic acids is 5. The van der Waals surface area contributed by atoms with Gasteiger partial charge in [0.2, 0.25) is 11.8 Å². The monoisotopic (exact) mass is 794 g/mol. The quantitative estimate of drug-likeness (QED) is 0.120. The molecular formula is C39H54N8O8S. The number of aryl methyl sites for hydroxylation is 1. The highest BCUT2D eigenvalue weighted by atomic mass is 32.1. The molecule has 56 heavy (non-hydrogen) atoms. The van der Waals surface area contributed by atoms with Crippen molar-refractivity contribution in [2.24, 2.45) is 5.41 Å². The maximum atomic E-state index is 14.3. The molecule has 304 valence electrons. The summed E-state index contributed by atoms with van der Waals surface area (Å²) >= 11 is 1.48. The second kappa shape index (κ2) is 20.1. The number of alkyl carbamates (subject to hydrolysis) is 1. The third-order valence-corrected chi connectivity index (χ3v) is 10.2. The highest BCUT2D eigenvalue weighted by molar-refractivity contribution is 7.09. The van der Waals surface area contributed by atoms with E-state index < -0.39 is 59.5 Å². The van der Waals surface area contributed by atoms with Crippen molar-refractivity contribution in [3.05, 3.63) is 81.8 Å². The number of carbonyl (C=O) groups is 5. The molecule has 6 amide bonds. The van der Waals surface area contributed by atoms with E-state index in [-0.39, 0.29) is 39.0 Å². The van der Waals surface area contributed by atoms with Crippen LogP contribution < -0.4 is 26.1 Å². The van der Waals surface area contributed by atoms with Crippen molar-refractivity contribution in [3.8, 4) is 5.75 Å². The Labute approximate surface area is 331 Å². The predicted octanol–water partition coefficient (Wildman–Crippen LogP) is 2.59. The molecule has 0 aliphatic carbocycles. The Morgan fingerprint density at radius 3 is 2.27 bits per heavy atom. The fourth-order valence-electron chi connectivity index (χ4n) is 6.29. The summed E-state index contributed by atoms with van der Waals surface area (Å²) in [4.78, 5) is 74.2. The Balaban J connectivity index is 1.62. The number of urea groups is 1. The van der Waals surface area contributed by atoms with E-state index in [4.69, 9.17) is 9.47 Å². The summed E-state index contributed by atoms with van der Waals surface area (Å²) in [5, 5.41) is 24.4. The number of nitrogens with zero attached hydrogens (tertiary/aromatic N) is 4. The first-order valence-corrected chi connectivity index (χ1v) is 19.2. The maximum Gasteiger partial charge on any atom is 0.407 e. The molecule has 2 aromatic carbocycles. The van der Waals surface area contributed by atoms with E-state index in [1.807, 2.05) is 54.8 Å². The van der Waals surface area contributed by atoms with Gasteiger partial charge in [-0.05, 0) is 42.0 Å². The molecule has 1 fully saturated rings. The van der Waals surface area contributed by atoms with E-state index in [1.54, 1.807) is 44.9 Å². The molecule has 4 atom stereocenters. The average Bonchev–Trinajstić information content (AvgIpc) is 3.75. The summed E-state index contributed by atoms with van der Waals surface area (Å²) in [6.07, 6.45) is -2.19. The maximum absolute atomic E-state index is 14.3. The molecular weight excluding hydrogens is 741 g/mol. The third kappa shape index (κ3) is 12.4. The molecule has 16 nitrogen and oxygen atoms in total. The second-order valence-electron chi connectivity index (χ2n) is 14.7. The van der Waals surface area contributed by atoms with Crippen LogP contribution in [0.4, 0.5) is 9.59 Å². The van der Waals surface area contributed by atoms with Gasteiger partial charge in [0.1, 0.15) is 17.8 Å². The normalized spacial score (nSPS) is 15.1. The Bertz CT molecular complexity index is 1790. The van der Waals surface area contributed by atoms with Gasteiger partial charge in [-0.25, -0.2) is 19.6 Å². The molecule has 0 bridgehead atoms. The van der Waals surface area contributed by atoms with Crippen LogP contribution in [0.5, 0.6) is 5.75 Å². The van der Waals surface area contributed by atoms with E-state index >= 15 is 0 Å². The van der Waals surface area contributed by atoms with Crippen LogP contribution >= 0.6 is 11.3 Å². The number of hydrazine groups is 1. The fraction of sp³-hybridized carbons (Fsp3) is 0.487. The van der Waals surface area contributed by atoms with E-state index in [2.05, 4.69) is 26.4 Å². The second-order valence-corrected chi connectivity index (χ2v) is 15.7. The number of rotatable bonds is 18. The van der Waals surface area contributed by atoms with Gasteiger partial charge in [-0.3, -0.25) is 19.8 Å². The lowest BCUT2D eigenvalue weighted by atomic mass is 9.86. The zero-order chi connectivity index (χ0) is 41.0. The molecule has 1 aliphatic heterocycles. The van der Waals surface area contributed by atoms with Gasteiger partial charge in [0, 0.05) is 38.6 Å². The van der Waals surface area contributed by atoms with Gasteiger partial charge in [0.15, 0.2) is 0 Å². The zero-order valence-electron chi connectivity index (χ0n) is 33.0. The number of benzene rings is 2. The highest BCUT2D eigenvalue weighted by Crippen LogP contribution is 2.22. The largest absolute Gasteiger partial charge is 0.497 e. The molecule has 1 aromatic heterocycles. The van der Waals surface area contributed by atoms with E-state index in [1.165, 1.54) is 35.4 Å². The summed E-state index contributed by atoms with van der Waals surface area (Å²) in [5.41, 5.74) is 4.46. The lowest BCUT2D eigenvalue weighted by Crippen LogP contribution is -2.60. The summed E-state index contributed by atoms with van der Waals surface area (Å²) < 4.78 is 10.1. The van der Waals surface area contributed by atoms with Gasteiger partial charge in [-0.15, -0.1) is 11.3 Å². The van der Waals surface area contributed by atoms with Crippen molar-refractivity contribution in [1.29, 1.82) is 0 Å². The van der Waals surface area contributed by atoms with E-state index in [9.17, 15) is 29.1 Å². The molecule has 17 heteroatoms. The molecule has 0 saturated carbocycles. The van der Waals surface area contributed by atoms with Crippen LogP contribution in [0.1, 0.15) is 49.0 Å². The van der Waals surface area contributed by atoms with Crippen LogP contribution in [-0.2, 0) is 38.6 Å². The Hall–Kier alpha value is -5.26. The molecule has 4 rings (SSSR count). The van der Waals surface area contributed by atoms with Gasteiger partial charge in [0.25, 0.3) is 5.91 Å². The lowest BCUT2D eigenvalue weighted by molar-refractivity contribution is -0.133. The zero-order valence-corrected chi connectivity index (χ0v) is 33.9. The van der Waals surface area contributed by atoms with Crippen molar-refractivity contribution in [2.75, 3.05) is 40.9 Å². The van der Waals surface area contributed by atoms with E-state index in [0.29, 0.717) is 12.3 Å². The van der Waals surface area contributed by atoms with Crippen LogP contribution in [0.15, 0.2) is 60.0 Å². The van der Waals surface area contributed by atoms with Crippen LogP contribution in [0.2, 0.25) is 0 Å². The molecule has 4 unspecified atom stereocenters. The van der Waals surface area contributed by atoms with E-state index in [0.717, 1.165) is 21.8 Å². The SMILES string of the molecule is CNC(=O)CC(C(=O)NC(Cc1ccccc1)C(O)CN(Cc1ccc(OC)cc1)NC(=O)C(NC(=O)OC)C(C)(C)C)N1CCN(Cc2csc(C)n2)C1=O. The standard InChI is InChI=1S/C39H54N8O8S/c1-25-41-28(24-56-25)22-45-17-18-47(38(45)53)31(20-33(49)40-5)35(50)42-30(19-26-11-9-8-10-12-26)32(48)23-46(21-27-13-15-29(54-6)16-14-27)44-36(51)34(39(2,3)4)43-37(52)55-7/h8-16,24,30-32,34,48H,17-23H2,1-7H3,(H,40,49)(H,42,50)(H,43,52)(H,44,51). The summed E-state index contributed by atoms with van der Waals surface area (Å²) in [5.74, 6) is -0.972. The first kappa shape index (κ1) is 43.5. The molecule has 0 spiro atoms. The third-order valence-electron chi connectivity index (χ3n) is 9.36. The van der Waals surface area contributed by atoms with Crippen molar-refractivity contribution >= 4 is 41.2 Å². The Morgan fingerprint density at radius 1 is 0.982 bits per heavy atom. The number of nitrogens with one attached hydrogen (secondary N) is 4. The van der Waals surface area contributed by atoms with Crippen molar-refractivity contribution in [3.63, 3.8) is 0 Å². The van der Waals surface area contributed by atoms with Gasteiger partial charge in [-0.1, -0.05) is 63.2 Å². The fourth-order valence-corrected chi connectivity index (χ4v) is 6.90. The van der Waals surface area contributed by atoms with Gasteiger partial charge in [0.05, 0.1) is 50.0 Å². The van der Waals surface area contributed by atoms with Crippen LogP contribution in [0.3, 0.4) is 0 Å². The highest BCUT2D eigenvalue weighted by Gasteiger charge is 2.40. The van der Waals surface area contributed by atoms with Gasteiger partial charge < -0.3 is 40.3 Å². The number of aliphatic hydroxyl groups is 1. The molecule has 2 heterocycles. The van der Waals surface area contributed by atoms with Crippen molar-refractivity contribution < 1.29 is 38.6 Å². The number of hydrogen-bond donors (Lipinski definition) is 5. The number of hydrogen-bond acceptors (Lipinski definition) is 11. The van der Waals surface area contributed by atoms with Crippen molar-refractivity contribution in [2.45, 2.75) is 77.9 Å². The number of thiazole rings is 1. The molecule has 1 aliphatic rings. The van der Waals surface area contributed by atoms with Gasteiger partial charge >= 0.3 is 12.1 Å². The summed E-state index contributed by atoms with van der Waals surface area (Å²) in [6, 6.07) is 12.9. The summed E-state index contributed by atoms with van der Waals surface area (Å²) in [6.45, 7) is 8.03. The number of aromatic nitrogens is 1.